The maximum Gasteiger partial charge on any atom is 0.573 e. The molecule has 1 unspecified atom stereocenters. The third-order valence-corrected chi connectivity index (χ3v) is 6.31. The van der Waals surface area contributed by atoms with Gasteiger partial charge in [0.1, 0.15) is 18.1 Å². The lowest BCUT2D eigenvalue weighted by atomic mass is 9.91. The van der Waals surface area contributed by atoms with E-state index in [0.717, 1.165) is 17.7 Å². The molecule has 0 aliphatic carbocycles. The van der Waals surface area contributed by atoms with Crippen molar-refractivity contribution in [1.82, 2.24) is 10.2 Å². The highest BCUT2D eigenvalue weighted by Crippen LogP contribution is 2.42. The molecule has 9 nitrogen and oxygen atoms in total. The largest absolute Gasteiger partial charge is 0.573 e. The molecule has 4 rings (SSSR count). The second-order valence-electron chi connectivity index (χ2n) is 9.53. The van der Waals surface area contributed by atoms with Gasteiger partial charge in [-0.1, -0.05) is 55.4 Å². The number of carbonyl (C=O) groups excluding carboxylic acids is 1. The van der Waals surface area contributed by atoms with Gasteiger partial charge in [0.25, 0.3) is 5.91 Å². The maximum atomic E-state index is 13.6. The van der Waals surface area contributed by atoms with Crippen molar-refractivity contribution in [2.75, 3.05) is 25.2 Å². The average Bonchev–Trinajstić information content (AvgIpc) is 3.19. The van der Waals surface area contributed by atoms with Gasteiger partial charge in [-0.25, -0.2) is 0 Å². The predicted octanol–water partition coefficient (Wildman–Crippen LogP) is 5.77. The summed E-state index contributed by atoms with van der Waals surface area (Å²) < 4.78 is 47.4. The van der Waals surface area contributed by atoms with Crippen LogP contribution in [-0.4, -0.2) is 53.6 Å². The van der Waals surface area contributed by atoms with Crippen LogP contribution in [0.2, 0.25) is 0 Å². The predicted molar refractivity (Wildman–Crippen MR) is 145 cm³/mol. The Bertz CT molecular complexity index is 1420. The first-order valence-corrected chi connectivity index (χ1v) is 12.7. The lowest BCUT2D eigenvalue weighted by Gasteiger charge is -2.26. The number of nitrogens with zero attached hydrogens (tertiary/aromatic N) is 4. The Kier molecular flexibility index (Phi) is 8.92. The molecule has 0 saturated carbocycles. The Balaban J connectivity index is 1.87. The Labute approximate surface area is 234 Å². The Hall–Kier alpha value is -4.45. The Morgan fingerprint density at radius 3 is 2.27 bits per heavy atom. The lowest BCUT2D eigenvalue weighted by molar-refractivity contribution is -0.274. The highest BCUT2D eigenvalue weighted by atomic mass is 19.4. The molecule has 1 aromatic heterocycles. The molecule has 216 valence electrons. The molecule has 1 aliphatic rings. The number of aliphatic hydroxyl groups is 1. The summed E-state index contributed by atoms with van der Waals surface area (Å²) in [6.07, 6.45) is -4.88. The zero-order chi connectivity index (χ0) is 29.7. The number of benzene rings is 2. The average molecular weight is 571 g/mol. The Morgan fingerprint density at radius 2 is 1.71 bits per heavy atom. The molecule has 0 spiro atoms. The fraction of sp³-hybridized carbons (Fsp3) is 0.310. The third-order valence-electron chi connectivity index (χ3n) is 6.31. The molecule has 1 N–H and O–H groups in total. The van der Waals surface area contributed by atoms with Gasteiger partial charge >= 0.3 is 6.36 Å². The number of aromatic nitrogens is 2. The van der Waals surface area contributed by atoms with Gasteiger partial charge in [-0.05, 0) is 48.2 Å². The number of ether oxygens (including phenoxy) is 2. The molecule has 2 heterocycles. The molecule has 1 aliphatic heterocycles. The van der Waals surface area contributed by atoms with Crippen LogP contribution in [0.3, 0.4) is 0 Å². The molecule has 2 aromatic carbocycles. The van der Waals surface area contributed by atoms with Crippen molar-refractivity contribution in [1.29, 1.82) is 0 Å². The number of alkyl halides is 3. The number of amides is 1. The van der Waals surface area contributed by atoms with Crippen molar-refractivity contribution < 1.29 is 37.4 Å². The van der Waals surface area contributed by atoms with Crippen LogP contribution in [0.5, 0.6) is 5.75 Å². The van der Waals surface area contributed by atoms with E-state index in [0.29, 0.717) is 16.8 Å². The number of rotatable bonds is 10. The van der Waals surface area contributed by atoms with E-state index in [2.05, 4.69) is 20.1 Å². The van der Waals surface area contributed by atoms with Gasteiger partial charge in [-0.3, -0.25) is 9.69 Å². The third kappa shape index (κ3) is 6.83. The summed E-state index contributed by atoms with van der Waals surface area (Å²) in [7, 11) is 1.51. The quantitative estimate of drug-likeness (QED) is 0.187. The summed E-state index contributed by atoms with van der Waals surface area (Å²) in [6.45, 7) is 6.15. The molecular weight excluding hydrogens is 541 g/mol. The summed E-state index contributed by atoms with van der Waals surface area (Å²) in [6, 6.07) is 14.6. The second-order valence-corrected chi connectivity index (χ2v) is 9.53. The van der Waals surface area contributed by atoms with E-state index in [1.807, 2.05) is 26.0 Å². The number of hydrogen-bond donors (Lipinski definition) is 1. The minimum Gasteiger partial charge on any atom is -0.503 e. The van der Waals surface area contributed by atoms with Crippen LogP contribution in [0.1, 0.15) is 48.2 Å². The molecule has 0 fully saturated rings. The summed E-state index contributed by atoms with van der Waals surface area (Å²) in [4.78, 5) is 20.3. The second kappa shape index (κ2) is 12.4. The van der Waals surface area contributed by atoms with Gasteiger partial charge < -0.3 is 19.4 Å². The number of carbonyl (C=O) groups is 1. The van der Waals surface area contributed by atoms with Gasteiger partial charge in [0, 0.05) is 12.7 Å². The molecule has 12 heteroatoms. The minimum atomic E-state index is -4.88. The molecule has 0 radical (unpaired) electrons. The zero-order valence-corrected chi connectivity index (χ0v) is 22.8. The first kappa shape index (κ1) is 29.5. The van der Waals surface area contributed by atoms with Crippen LogP contribution in [0, 0.1) is 6.92 Å². The number of oxime groups is 1. The number of aryl methyl sites for hydroxylation is 1. The SMILES string of the molecule is COCCON=C(C1=C(O)C(=O)N(c2ccc(C)nn2)C1c1ccc(OC(F)(F)F)cc1)c1ccc(C(C)C)cc1. The fourth-order valence-corrected chi connectivity index (χ4v) is 4.29. The number of halogens is 3. The van der Waals surface area contributed by atoms with Gasteiger partial charge in [0.2, 0.25) is 0 Å². The van der Waals surface area contributed by atoms with Crippen molar-refractivity contribution in [2.24, 2.45) is 5.16 Å². The number of hydrogen-bond acceptors (Lipinski definition) is 8. The number of anilines is 1. The molecular formula is C29H29F3N4O5. The van der Waals surface area contributed by atoms with E-state index < -0.39 is 29.8 Å². The highest BCUT2D eigenvalue weighted by molar-refractivity contribution is 6.22. The van der Waals surface area contributed by atoms with Crippen molar-refractivity contribution >= 4 is 17.4 Å². The lowest BCUT2D eigenvalue weighted by Crippen LogP contribution is -2.32. The van der Waals surface area contributed by atoms with Gasteiger partial charge in [-0.2, -0.15) is 5.10 Å². The first-order chi connectivity index (χ1) is 19.5. The smallest absolute Gasteiger partial charge is 0.503 e. The normalized spacial score (nSPS) is 16.1. The van der Waals surface area contributed by atoms with E-state index in [4.69, 9.17) is 9.57 Å². The topological polar surface area (TPSA) is 106 Å². The molecule has 0 saturated heterocycles. The zero-order valence-electron chi connectivity index (χ0n) is 22.8. The summed E-state index contributed by atoms with van der Waals surface area (Å²) >= 11 is 0. The monoisotopic (exact) mass is 570 g/mol. The van der Waals surface area contributed by atoms with Crippen LogP contribution < -0.4 is 9.64 Å². The van der Waals surface area contributed by atoms with E-state index in [1.165, 1.54) is 24.1 Å². The standard InChI is InChI=1S/C29H29F3N4O5/c1-17(2)19-6-8-20(9-7-19)25(35-40-16-15-39-4)24-26(21-10-12-22(13-11-21)41-29(30,31)32)36(28(38)27(24)37)23-14-5-18(3)33-34-23/h5-14,17,26,37H,15-16H2,1-4H3. The van der Waals surface area contributed by atoms with Gasteiger partial charge in [0.15, 0.2) is 11.6 Å². The fourth-order valence-electron chi connectivity index (χ4n) is 4.29. The molecule has 0 bridgehead atoms. The highest BCUT2D eigenvalue weighted by Gasteiger charge is 2.45. The summed E-state index contributed by atoms with van der Waals surface area (Å²) in [5.41, 5.74) is 2.80. The number of methoxy groups -OCH3 is 1. The van der Waals surface area contributed by atoms with E-state index in [1.54, 1.807) is 31.2 Å². The van der Waals surface area contributed by atoms with Gasteiger partial charge in [-0.15, -0.1) is 18.3 Å². The van der Waals surface area contributed by atoms with Crippen molar-refractivity contribution in [3.8, 4) is 5.75 Å². The molecule has 1 amide bonds. The summed E-state index contributed by atoms with van der Waals surface area (Å²) in [5, 5.41) is 23.7. The maximum absolute atomic E-state index is 13.6. The summed E-state index contributed by atoms with van der Waals surface area (Å²) in [5.74, 6) is -1.47. The van der Waals surface area contributed by atoms with Crippen molar-refractivity contribution in [2.45, 2.75) is 39.1 Å². The van der Waals surface area contributed by atoms with E-state index in [-0.39, 0.29) is 36.2 Å². The van der Waals surface area contributed by atoms with Crippen LogP contribution in [0.4, 0.5) is 19.0 Å². The van der Waals surface area contributed by atoms with Crippen molar-refractivity contribution in [3.05, 3.63) is 94.4 Å². The van der Waals surface area contributed by atoms with Crippen LogP contribution in [-0.2, 0) is 14.4 Å². The number of aliphatic hydroxyl groups excluding tert-OH is 1. The molecule has 41 heavy (non-hydrogen) atoms. The minimum absolute atomic E-state index is 0.0802. The molecule has 3 aromatic rings. The van der Waals surface area contributed by atoms with E-state index >= 15 is 0 Å². The van der Waals surface area contributed by atoms with E-state index in [9.17, 15) is 23.1 Å². The Morgan fingerprint density at radius 1 is 1.02 bits per heavy atom. The first-order valence-electron chi connectivity index (χ1n) is 12.7. The molecule has 1 atom stereocenters. The van der Waals surface area contributed by atoms with Crippen molar-refractivity contribution in [3.63, 3.8) is 0 Å². The van der Waals surface area contributed by atoms with Gasteiger partial charge in [0.05, 0.1) is 23.9 Å². The van der Waals surface area contributed by atoms with Crippen LogP contribution in [0.25, 0.3) is 0 Å². The van der Waals surface area contributed by atoms with Crippen LogP contribution >= 0.6 is 0 Å². The van der Waals surface area contributed by atoms with Crippen LogP contribution in [0.15, 0.2) is 77.2 Å².